The fourth-order valence-electron chi connectivity index (χ4n) is 1.32. The van der Waals surface area contributed by atoms with Gasteiger partial charge in [0.2, 0.25) is 0 Å². The number of fused-ring (bicyclic) bond motifs is 1. The van der Waals surface area contributed by atoms with Gasteiger partial charge in [-0.3, -0.25) is 0 Å². The summed E-state index contributed by atoms with van der Waals surface area (Å²) >= 11 is 0. The smallest absolute Gasteiger partial charge is 0.335 e. The first kappa shape index (κ1) is 7.06. The number of epoxide rings is 1. The van der Waals surface area contributed by atoms with Gasteiger partial charge in [0.1, 0.15) is 6.10 Å². The first-order valence-corrected chi connectivity index (χ1v) is 3.66. The predicted molar refractivity (Wildman–Crippen MR) is 35.0 cm³/mol. The molecule has 11 heavy (non-hydrogen) atoms. The van der Waals surface area contributed by atoms with E-state index in [1.807, 2.05) is 0 Å². The number of carbonyl (C=O) groups is 1. The molecule has 2 aliphatic heterocycles. The Morgan fingerprint density at radius 1 is 1.55 bits per heavy atom. The molecular weight excluding hydrogens is 148 g/mol. The maximum atomic E-state index is 10.9. The van der Waals surface area contributed by atoms with Gasteiger partial charge in [-0.05, 0) is 0 Å². The SMILES string of the molecule is COC(=O)C1CC2OC2CO1. The lowest BCUT2D eigenvalue weighted by Gasteiger charge is -2.16. The lowest BCUT2D eigenvalue weighted by Crippen LogP contribution is -2.32. The van der Waals surface area contributed by atoms with Gasteiger partial charge in [-0.2, -0.15) is 0 Å². The Labute approximate surface area is 64.4 Å². The molecule has 2 saturated heterocycles. The molecule has 0 amide bonds. The van der Waals surface area contributed by atoms with Gasteiger partial charge in [-0.15, -0.1) is 0 Å². The van der Waals surface area contributed by atoms with Crippen LogP contribution < -0.4 is 0 Å². The zero-order valence-electron chi connectivity index (χ0n) is 6.28. The Morgan fingerprint density at radius 3 is 3.00 bits per heavy atom. The highest BCUT2D eigenvalue weighted by molar-refractivity contribution is 5.74. The molecular formula is C7H10O4. The summed E-state index contributed by atoms with van der Waals surface area (Å²) in [5.41, 5.74) is 0. The Kier molecular flexibility index (Phi) is 1.58. The highest BCUT2D eigenvalue weighted by Crippen LogP contribution is 2.32. The van der Waals surface area contributed by atoms with E-state index in [9.17, 15) is 4.79 Å². The maximum Gasteiger partial charge on any atom is 0.335 e. The minimum Gasteiger partial charge on any atom is -0.467 e. The third kappa shape index (κ3) is 1.23. The van der Waals surface area contributed by atoms with E-state index in [0.29, 0.717) is 13.0 Å². The standard InChI is InChI=1S/C7H10O4/c1-9-7(8)5-2-4-6(11-4)3-10-5/h4-6H,2-3H2,1H3. The summed E-state index contributed by atoms with van der Waals surface area (Å²) in [4.78, 5) is 10.9. The molecule has 0 aliphatic carbocycles. The molecule has 0 spiro atoms. The molecule has 62 valence electrons. The van der Waals surface area contributed by atoms with Crippen molar-refractivity contribution in [1.82, 2.24) is 0 Å². The van der Waals surface area contributed by atoms with E-state index >= 15 is 0 Å². The molecule has 4 heteroatoms. The summed E-state index contributed by atoms with van der Waals surface area (Å²) in [7, 11) is 1.37. The molecule has 0 aromatic heterocycles. The first-order chi connectivity index (χ1) is 5.31. The highest BCUT2D eigenvalue weighted by atomic mass is 16.6. The molecule has 0 aromatic carbocycles. The first-order valence-electron chi connectivity index (χ1n) is 3.66. The Balaban J connectivity index is 1.89. The summed E-state index contributed by atoms with van der Waals surface area (Å²) in [6, 6.07) is 0. The summed E-state index contributed by atoms with van der Waals surface area (Å²) in [6.45, 7) is 0.532. The van der Waals surface area contributed by atoms with Crippen molar-refractivity contribution in [3.63, 3.8) is 0 Å². The van der Waals surface area contributed by atoms with Crippen molar-refractivity contribution in [3.8, 4) is 0 Å². The fourth-order valence-corrected chi connectivity index (χ4v) is 1.32. The number of esters is 1. The van der Waals surface area contributed by atoms with E-state index in [4.69, 9.17) is 9.47 Å². The number of methoxy groups -OCH3 is 1. The quantitative estimate of drug-likeness (QED) is 0.389. The van der Waals surface area contributed by atoms with Gasteiger partial charge in [0, 0.05) is 6.42 Å². The number of rotatable bonds is 1. The van der Waals surface area contributed by atoms with Crippen molar-refractivity contribution in [2.45, 2.75) is 24.7 Å². The molecule has 2 aliphatic rings. The van der Waals surface area contributed by atoms with Gasteiger partial charge in [0.15, 0.2) is 6.10 Å². The summed E-state index contributed by atoms with van der Waals surface area (Å²) in [6.07, 6.45) is 0.740. The van der Waals surface area contributed by atoms with Crippen LogP contribution in [-0.4, -0.2) is 38.0 Å². The topological polar surface area (TPSA) is 48.1 Å². The van der Waals surface area contributed by atoms with Crippen LogP contribution in [0.25, 0.3) is 0 Å². The van der Waals surface area contributed by atoms with Crippen molar-refractivity contribution in [2.24, 2.45) is 0 Å². The van der Waals surface area contributed by atoms with Crippen molar-refractivity contribution < 1.29 is 19.0 Å². The molecule has 3 unspecified atom stereocenters. The maximum absolute atomic E-state index is 10.9. The number of ether oxygens (including phenoxy) is 3. The van der Waals surface area contributed by atoms with Crippen LogP contribution in [0.3, 0.4) is 0 Å². The van der Waals surface area contributed by atoms with Crippen LogP contribution in [0.2, 0.25) is 0 Å². The molecule has 3 atom stereocenters. The average molecular weight is 158 g/mol. The fraction of sp³-hybridized carbons (Fsp3) is 0.857. The Morgan fingerprint density at radius 2 is 2.36 bits per heavy atom. The van der Waals surface area contributed by atoms with Crippen LogP contribution in [0.5, 0.6) is 0 Å². The molecule has 4 nitrogen and oxygen atoms in total. The summed E-state index contributed by atoms with van der Waals surface area (Å²) in [5, 5.41) is 0. The molecule has 0 saturated carbocycles. The van der Waals surface area contributed by atoms with Gasteiger partial charge < -0.3 is 14.2 Å². The molecule has 0 aromatic rings. The number of hydrogen-bond donors (Lipinski definition) is 0. The molecule has 0 N–H and O–H groups in total. The second-order valence-electron chi connectivity index (χ2n) is 2.79. The number of carbonyl (C=O) groups excluding carboxylic acids is 1. The molecule has 2 fully saturated rings. The van der Waals surface area contributed by atoms with Crippen molar-refractivity contribution in [1.29, 1.82) is 0 Å². The van der Waals surface area contributed by atoms with Gasteiger partial charge >= 0.3 is 5.97 Å². The van der Waals surface area contributed by atoms with Gasteiger partial charge in [-0.1, -0.05) is 0 Å². The Hall–Kier alpha value is -0.610. The lowest BCUT2D eigenvalue weighted by molar-refractivity contribution is -0.155. The molecule has 0 bridgehead atoms. The van der Waals surface area contributed by atoms with E-state index in [-0.39, 0.29) is 18.2 Å². The molecule has 2 rings (SSSR count). The minimum atomic E-state index is -0.399. The predicted octanol–water partition coefficient (Wildman–Crippen LogP) is -0.284. The largest absolute Gasteiger partial charge is 0.467 e. The van der Waals surface area contributed by atoms with Crippen LogP contribution in [0, 0.1) is 0 Å². The van der Waals surface area contributed by atoms with E-state index in [1.165, 1.54) is 7.11 Å². The lowest BCUT2D eigenvalue weighted by atomic mass is 10.1. The number of hydrogen-bond acceptors (Lipinski definition) is 4. The van der Waals surface area contributed by atoms with Crippen molar-refractivity contribution in [3.05, 3.63) is 0 Å². The van der Waals surface area contributed by atoms with Crippen LogP contribution in [-0.2, 0) is 19.0 Å². The normalized spacial score (nSPS) is 41.0. The second kappa shape index (κ2) is 2.46. The van der Waals surface area contributed by atoms with Gasteiger partial charge in [-0.25, -0.2) is 4.79 Å². The third-order valence-electron chi connectivity index (χ3n) is 2.06. The van der Waals surface area contributed by atoms with Crippen LogP contribution in [0.15, 0.2) is 0 Å². The summed E-state index contributed by atoms with van der Waals surface area (Å²) in [5.74, 6) is -0.293. The summed E-state index contributed by atoms with van der Waals surface area (Å²) < 4.78 is 14.9. The second-order valence-corrected chi connectivity index (χ2v) is 2.79. The van der Waals surface area contributed by atoms with Gasteiger partial charge in [0.25, 0.3) is 0 Å². The van der Waals surface area contributed by atoms with E-state index in [1.54, 1.807) is 0 Å². The van der Waals surface area contributed by atoms with Crippen LogP contribution >= 0.6 is 0 Å². The monoisotopic (exact) mass is 158 g/mol. The zero-order chi connectivity index (χ0) is 7.84. The zero-order valence-corrected chi connectivity index (χ0v) is 6.28. The van der Waals surface area contributed by atoms with E-state index in [2.05, 4.69) is 4.74 Å². The van der Waals surface area contributed by atoms with Crippen molar-refractivity contribution >= 4 is 5.97 Å². The minimum absolute atomic E-state index is 0.243. The van der Waals surface area contributed by atoms with Crippen molar-refractivity contribution in [2.75, 3.05) is 13.7 Å². The highest BCUT2D eigenvalue weighted by Gasteiger charge is 2.47. The van der Waals surface area contributed by atoms with E-state index < -0.39 is 6.10 Å². The molecule has 0 radical (unpaired) electrons. The van der Waals surface area contributed by atoms with Crippen LogP contribution in [0.4, 0.5) is 0 Å². The van der Waals surface area contributed by atoms with Gasteiger partial charge in [0.05, 0.1) is 19.8 Å². The molecule has 2 heterocycles. The van der Waals surface area contributed by atoms with Crippen LogP contribution in [0.1, 0.15) is 6.42 Å². The average Bonchev–Trinajstić information content (AvgIpc) is 2.80. The third-order valence-corrected chi connectivity index (χ3v) is 2.06. The Bertz CT molecular complexity index is 179. The van der Waals surface area contributed by atoms with E-state index in [0.717, 1.165) is 0 Å².